The van der Waals surface area contributed by atoms with Crippen LogP contribution in [0.1, 0.15) is 42.5 Å². The molecule has 0 radical (unpaired) electrons. The molecular formula is C24H27N5O3. The Kier molecular flexibility index (Phi) is 6.79. The van der Waals surface area contributed by atoms with Crippen molar-refractivity contribution in [2.75, 3.05) is 24.9 Å². The molecule has 0 amide bonds. The van der Waals surface area contributed by atoms with Crippen LogP contribution in [0.25, 0.3) is 11.4 Å². The van der Waals surface area contributed by atoms with Crippen molar-refractivity contribution in [2.24, 2.45) is 0 Å². The van der Waals surface area contributed by atoms with Crippen LogP contribution in [0.5, 0.6) is 5.75 Å². The molecule has 8 heteroatoms. The number of carbonyl (C=O) groups excluding carboxylic acids is 1. The SMILES string of the molecule is COC(=O)c1ccc(Nc2cc(-c3ccccn3)nc(NC3CCCCC3)n2)cc1OC. The average molecular weight is 434 g/mol. The highest BCUT2D eigenvalue weighted by molar-refractivity contribution is 5.93. The van der Waals surface area contributed by atoms with Gasteiger partial charge in [0.05, 0.1) is 25.6 Å². The predicted molar refractivity (Wildman–Crippen MR) is 123 cm³/mol. The molecular weight excluding hydrogens is 406 g/mol. The average Bonchev–Trinajstić information content (AvgIpc) is 2.84. The van der Waals surface area contributed by atoms with Gasteiger partial charge in [0.25, 0.3) is 0 Å². The second-order valence-electron chi connectivity index (χ2n) is 7.69. The zero-order chi connectivity index (χ0) is 22.3. The number of hydrogen-bond acceptors (Lipinski definition) is 8. The van der Waals surface area contributed by atoms with Crippen molar-refractivity contribution in [3.05, 3.63) is 54.2 Å². The quantitative estimate of drug-likeness (QED) is 0.512. The fourth-order valence-electron chi connectivity index (χ4n) is 3.85. The first-order chi connectivity index (χ1) is 15.7. The molecule has 2 N–H and O–H groups in total. The lowest BCUT2D eigenvalue weighted by atomic mass is 9.96. The Balaban J connectivity index is 1.65. The fraction of sp³-hybridized carbons (Fsp3) is 0.333. The van der Waals surface area contributed by atoms with E-state index in [4.69, 9.17) is 14.5 Å². The summed E-state index contributed by atoms with van der Waals surface area (Å²) in [5.41, 5.74) is 2.57. The molecule has 3 aromatic rings. The molecule has 1 aliphatic carbocycles. The summed E-state index contributed by atoms with van der Waals surface area (Å²) in [6.45, 7) is 0. The smallest absolute Gasteiger partial charge is 0.341 e. The summed E-state index contributed by atoms with van der Waals surface area (Å²) in [5.74, 6) is 1.15. The second-order valence-corrected chi connectivity index (χ2v) is 7.69. The Labute approximate surface area is 187 Å². The van der Waals surface area contributed by atoms with Gasteiger partial charge in [-0.25, -0.2) is 9.78 Å². The number of rotatable bonds is 7. The third kappa shape index (κ3) is 5.14. The molecule has 0 aliphatic heterocycles. The van der Waals surface area contributed by atoms with Crippen LogP contribution in [0.3, 0.4) is 0 Å². The Morgan fingerprint density at radius 2 is 1.84 bits per heavy atom. The van der Waals surface area contributed by atoms with Crippen molar-refractivity contribution in [2.45, 2.75) is 38.1 Å². The number of methoxy groups -OCH3 is 2. The molecule has 32 heavy (non-hydrogen) atoms. The molecule has 0 atom stereocenters. The number of aromatic nitrogens is 3. The Morgan fingerprint density at radius 1 is 1.00 bits per heavy atom. The normalized spacial score (nSPS) is 13.9. The van der Waals surface area contributed by atoms with Crippen LogP contribution in [0, 0.1) is 0 Å². The monoisotopic (exact) mass is 433 g/mol. The van der Waals surface area contributed by atoms with Crippen LogP contribution in [-0.4, -0.2) is 41.2 Å². The molecule has 1 aliphatic rings. The van der Waals surface area contributed by atoms with E-state index in [1.807, 2.05) is 24.3 Å². The van der Waals surface area contributed by atoms with Crippen molar-refractivity contribution in [1.29, 1.82) is 0 Å². The van der Waals surface area contributed by atoms with E-state index in [2.05, 4.69) is 20.6 Å². The van der Waals surface area contributed by atoms with Gasteiger partial charge in [0.15, 0.2) is 0 Å². The number of nitrogens with zero attached hydrogens (tertiary/aromatic N) is 3. The van der Waals surface area contributed by atoms with E-state index in [0.29, 0.717) is 29.1 Å². The zero-order valence-corrected chi connectivity index (χ0v) is 18.3. The number of benzene rings is 1. The van der Waals surface area contributed by atoms with Gasteiger partial charge in [0, 0.05) is 30.1 Å². The summed E-state index contributed by atoms with van der Waals surface area (Å²) in [4.78, 5) is 25.8. The Morgan fingerprint density at radius 3 is 2.56 bits per heavy atom. The second kappa shape index (κ2) is 10.1. The van der Waals surface area contributed by atoms with Gasteiger partial charge in [-0.3, -0.25) is 4.98 Å². The summed E-state index contributed by atoms with van der Waals surface area (Å²) in [5, 5.41) is 6.80. The number of hydrogen-bond donors (Lipinski definition) is 2. The highest BCUT2D eigenvalue weighted by Gasteiger charge is 2.17. The maximum Gasteiger partial charge on any atom is 0.341 e. The van der Waals surface area contributed by atoms with Crippen LogP contribution in [0.15, 0.2) is 48.7 Å². The molecule has 2 aromatic heterocycles. The summed E-state index contributed by atoms with van der Waals surface area (Å²) in [6.07, 6.45) is 7.70. The lowest BCUT2D eigenvalue weighted by molar-refractivity contribution is 0.0597. The highest BCUT2D eigenvalue weighted by atomic mass is 16.5. The third-order valence-electron chi connectivity index (χ3n) is 5.47. The van der Waals surface area contributed by atoms with Gasteiger partial charge in [0.1, 0.15) is 17.1 Å². The van der Waals surface area contributed by atoms with Crippen LogP contribution >= 0.6 is 0 Å². The first-order valence-electron chi connectivity index (χ1n) is 10.8. The fourth-order valence-corrected chi connectivity index (χ4v) is 3.85. The van der Waals surface area contributed by atoms with E-state index in [9.17, 15) is 4.79 Å². The third-order valence-corrected chi connectivity index (χ3v) is 5.47. The molecule has 8 nitrogen and oxygen atoms in total. The predicted octanol–water partition coefficient (Wildman–Crippen LogP) is 4.82. The van der Waals surface area contributed by atoms with E-state index in [-0.39, 0.29) is 0 Å². The maximum absolute atomic E-state index is 11.9. The van der Waals surface area contributed by atoms with E-state index in [1.54, 1.807) is 24.4 Å². The minimum Gasteiger partial charge on any atom is -0.496 e. The minimum atomic E-state index is -0.452. The summed E-state index contributed by atoms with van der Waals surface area (Å²) in [6, 6.07) is 13.1. The van der Waals surface area contributed by atoms with Crippen molar-refractivity contribution in [3.8, 4) is 17.1 Å². The highest BCUT2D eigenvalue weighted by Crippen LogP contribution is 2.28. The van der Waals surface area contributed by atoms with E-state index in [0.717, 1.165) is 29.9 Å². The minimum absolute atomic E-state index is 0.358. The van der Waals surface area contributed by atoms with Gasteiger partial charge in [-0.2, -0.15) is 4.98 Å². The number of ether oxygens (including phenoxy) is 2. The van der Waals surface area contributed by atoms with Crippen LogP contribution in [-0.2, 0) is 4.74 Å². The van der Waals surface area contributed by atoms with Gasteiger partial charge in [0.2, 0.25) is 5.95 Å². The maximum atomic E-state index is 11.9. The lowest BCUT2D eigenvalue weighted by Crippen LogP contribution is -2.23. The van der Waals surface area contributed by atoms with Crippen molar-refractivity contribution >= 4 is 23.4 Å². The summed E-state index contributed by atoms with van der Waals surface area (Å²) < 4.78 is 10.2. The summed E-state index contributed by atoms with van der Waals surface area (Å²) >= 11 is 0. The van der Waals surface area contributed by atoms with Gasteiger partial charge in [-0.05, 0) is 37.1 Å². The van der Waals surface area contributed by atoms with E-state index < -0.39 is 5.97 Å². The molecule has 2 heterocycles. The van der Waals surface area contributed by atoms with E-state index in [1.165, 1.54) is 33.5 Å². The van der Waals surface area contributed by atoms with Crippen molar-refractivity contribution in [3.63, 3.8) is 0 Å². The number of pyridine rings is 1. The molecule has 1 saturated carbocycles. The number of nitrogens with one attached hydrogen (secondary N) is 2. The molecule has 0 bridgehead atoms. The van der Waals surface area contributed by atoms with Gasteiger partial charge in [-0.15, -0.1) is 0 Å². The molecule has 1 fully saturated rings. The number of carbonyl (C=O) groups is 1. The number of anilines is 3. The molecule has 166 valence electrons. The molecule has 1 aromatic carbocycles. The summed E-state index contributed by atoms with van der Waals surface area (Å²) in [7, 11) is 2.86. The standard InChI is InChI=1S/C24H27N5O3/c1-31-21-14-17(11-12-18(21)23(30)32-2)26-22-15-20(19-10-6-7-13-25-19)28-24(29-22)27-16-8-4-3-5-9-16/h6-7,10-16H,3-5,8-9H2,1-2H3,(H2,26,27,28,29). The Bertz CT molecular complexity index is 1070. The molecule has 0 spiro atoms. The molecule has 4 rings (SSSR count). The van der Waals surface area contributed by atoms with Gasteiger partial charge < -0.3 is 20.1 Å². The van der Waals surface area contributed by atoms with Crippen molar-refractivity contribution in [1.82, 2.24) is 15.0 Å². The molecule has 0 unspecified atom stereocenters. The lowest BCUT2D eigenvalue weighted by Gasteiger charge is -2.23. The van der Waals surface area contributed by atoms with Gasteiger partial charge in [-0.1, -0.05) is 25.3 Å². The van der Waals surface area contributed by atoms with Crippen molar-refractivity contribution < 1.29 is 14.3 Å². The van der Waals surface area contributed by atoms with Crippen LogP contribution in [0.2, 0.25) is 0 Å². The molecule has 0 saturated heterocycles. The topological polar surface area (TPSA) is 98.3 Å². The first kappa shape index (κ1) is 21.5. The van der Waals surface area contributed by atoms with E-state index >= 15 is 0 Å². The van der Waals surface area contributed by atoms with Gasteiger partial charge >= 0.3 is 5.97 Å². The van der Waals surface area contributed by atoms with Crippen LogP contribution < -0.4 is 15.4 Å². The zero-order valence-electron chi connectivity index (χ0n) is 18.3. The number of esters is 1. The van der Waals surface area contributed by atoms with Crippen LogP contribution in [0.4, 0.5) is 17.5 Å². The first-order valence-corrected chi connectivity index (χ1v) is 10.8. The largest absolute Gasteiger partial charge is 0.496 e. The Hall–Kier alpha value is -3.68.